The Morgan fingerprint density at radius 3 is 1.36 bits per heavy atom. The third kappa shape index (κ3) is 38.7. The zero-order chi connectivity index (χ0) is 8.57. The summed E-state index contributed by atoms with van der Waals surface area (Å²) in [6.07, 6.45) is 0.0833. The molecule has 0 saturated heterocycles. The summed E-state index contributed by atoms with van der Waals surface area (Å²) >= 11 is -1.19. The quantitative estimate of drug-likeness (QED) is 0.558. The van der Waals surface area contributed by atoms with Gasteiger partial charge in [0.2, 0.25) is 0 Å². The molecular weight excluding hydrogens is 257 g/mol. The van der Waals surface area contributed by atoms with Crippen molar-refractivity contribution in [2.24, 2.45) is 0 Å². The molecular formula is C5H8Cu2F2O2. The van der Waals surface area contributed by atoms with Crippen LogP contribution in [0.15, 0.2) is 0 Å². The van der Waals surface area contributed by atoms with Gasteiger partial charge in [0.1, 0.15) is 11.6 Å². The van der Waals surface area contributed by atoms with Crippen LogP contribution >= 0.6 is 0 Å². The van der Waals surface area contributed by atoms with Gasteiger partial charge in [0.15, 0.2) is 0 Å². The number of carbonyl (C=O) groups is 2. The molecule has 0 spiro atoms. The van der Waals surface area contributed by atoms with Crippen LogP contribution < -0.4 is 0 Å². The standard InChI is InChI=1S/C5H8O2.2Cu.2FH/c1-4(6)3-5(2)7;;;;/h3H2,1-2H3;;;2*1H/q;;+2;;/p-2. The van der Waals surface area contributed by atoms with Crippen molar-refractivity contribution in [3.63, 3.8) is 0 Å². The van der Waals surface area contributed by atoms with Crippen molar-refractivity contribution in [3.05, 3.63) is 0 Å². The number of Topliss-reactive ketones (excluding diaryl/α,β-unsaturated/α-hetero) is 2. The first-order valence-corrected chi connectivity index (χ1v) is 3.06. The maximum atomic E-state index is 10.0. The Balaban J connectivity index is -0.000000140. The molecule has 11 heavy (non-hydrogen) atoms. The predicted molar refractivity (Wildman–Crippen MR) is 28.2 cm³/mol. The van der Waals surface area contributed by atoms with Gasteiger partial charge in [0, 0.05) is 17.1 Å². The van der Waals surface area contributed by atoms with Crippen LogP contribution in [0.1, 0.15) is 20.3 Å². The van der Waals surface area contributed by atoms with Gasteiger partial charge in [0.05, 0.1) is 6.42 Å². The molecule has 0 aromatic rings. The molecule has 0 unspecified atom stereocenters. The summed E-state index contributed by atoms with van der Waals surface area (Å²) in [6.45, 7) is 2.81. The fraction of sp³-hybridized carbons (Fsp3) is 0.600. The van der Waals surface area contributed by atoms with Crippen molar-refractivity contribution < 1.29 is 49.6 Å². The molecule has 0 bridgehead atoms. The van der Waals surface area contributed by atoms with Crippen LogP contribution in [0.2, 0.25) is 0 Å². The van der Waals surface area contributed by atoms with Crippen LogP contribution in [0, 0.1) is 0 Å². The van der Waals surface area contributed by atoms with Gasteiger partial charge in [-0.05, 0) is 13.8 Å². The minimum atomic E-state index is -1.19. The van der Waals surface area contributed by atoms with Crippen LogP contribution in [0.5, 0.6) is 0 Å². The average Bonchev–Trinajstić information content (AvgIpc) is 1.62. The number of carbonyl (C=O) groups excluding carboxylic acids is 2. The van der Waals surface area contributed by atoms with Gasteiger partial charge in [0.25, 0.3) is 0 Å². The predicted octanol–water partition coefficient (Wildman–Crippen LogP) is 1.39. The Hall–Kier alpha value is 0.239. The minimum absolute atomic E-state index is 0. The van der Waals surface area contributed by atoms with E-state index in [0.29, 0.717) is 0 Å². The molecule has 1 radical (unpaired) electrons. The van der Waals surface area contributed by atoms with Crippen molar-refractivity contribution in [1.82, 2.24) is 0 Å². The summed E-state index contributed by atoms with van der Waals surface area (Å²) in [6, 6.07) is 0. The molecule has 0 atom stereocenters. The van der Waals surface area contributed by atoms with E-state index in [4.69, 9.17) is 0 Å². The van der Waals surface area contributed by atoms with Gasteiger partial charge in [-0.3, -0.25) is 9.59 Å². The summed E-state index contributed by atoms with van der Waals surface area (Å²) in [5, 5.41) is 0. The van der Waals surface area contributed by atoms with E-state index in [-0.39, 0.29) is 35.1 Å². The maximum absolute atomic E-state index is 10.0. The molecule has 0 heterocycles. The molecule has 2 nitrogen and oxygen atoms in total. The fourth-order valence-corrected chi connectivity index (χ4v) is 0.351. The fourth-order valence-electron chi connectivity index (χ4n) is 0.351. The van der Waals surface area contributed by atoms with Crippen LogP contribution in [0.3, 0.4) is 0 Å². The van der Waals surface area contributed by atoms with Gasteiger partial charge in [-0.2, -0.15) is 0 Å². The first-order chi connectivity index (χ1) is 4.54. The Morgan fingerprint density at radius 1 is 1.18 bits per heavy atom. The molecule has 0 aliphatic rings. The Morgan fingerprint density at radius 2 is 1.36 bits per heavy atom. The third-order valence-corrected chi connectivity index (χ3v) is 0.498. The molecule has 0 aliphatic heterocycles. The SMILES string of the molecule is CC(=O)CC(C)=O.[Cu].[F][Cu][F]. The van der Waals surface area contributed by atoms with E-state index < -0.39 is 15.9 Å². The molecule has 0 saturated carbocycles. The second-order valence-electron chi connectivity index (χ2n) is 1.62. The van der Waals surface area contributed by atoms with Crippen LogP contribution in [0.4, 0.5) is 7.10 Å². The van der Waals surface area contributed by atoms with E-state index in [1.807, 2.05) is 0 Å². The van der Waals surface area contributed by atoms with Crippen LogP contribution in [-0.4, -0.2) is 11.6 Å². The summed E-state index contributed by atoms with van der Waals surface area (Å²) in [4.78, 5) is 20.1. The summed E-state index contributed by atoms with van der Waals surface area (Å²) < 4.78 is 19.1. The Bertz CT molecular complexity index is 107. The van der Waals surface area contributed by atoms with Gasteiger partial charge < -0.3 is 0 Å². The van der Waals surface area contributed by atoms with E-state index in [2.05, 4.69) is 0 Å². The molecule has 0 aromatic carbocycles. The molecule has 76 valence electrons. The Kier molecular flexibility index (Phi) is 20.3. The number of hydrogen-bond donors (Lipinski definition) is 0. The van der Waals surface area contributed by atoms with E-state index in [1.165, 1.54) is 13.8 Å². The van der Waals surface area contributed by atoms with Crippen LogP contribution in [0.25, 0.3) is 0 Å². The van der Waals surface area contributed by atoms with Crippen molar-refractivity contribution in [2.45, 2.75) is 20.3 Å². The zero-order valence-electron chi connectivity index (χ0n) is 5.88. The Labute approximate surface area is 81.7 Å². The second kappa shape index (κ2) is 12.9. The molecule has 0 rings (SSSR count). The molecule has 0 aliphatic carbocycles. The van der Waals surface area contributed by atoms with Gasteiger partial charge in [-0.25, -0.2) is 0 Å². The number of halogens is 2. The van der Waals surface area contributed by atoms with Gasteiger partial charge in [-0.1, -0.05) is 0 Å². The summed E-state index contributed by atoms with van der Waals surface area (Å²) in [5.74, 6) is -0.125. The number of ketones is 2. The zero-order valence-corrected chi connectivity index (χ0v) is 7.77. The van der Waals surface area contributed by atoms with Crippen molar-refractivity contribution in [2.75, 3.05) is 0 Å². The van der Waals surface area contributed by atoms with Crippen LogP contribution in [-0.2, 0) is 42.5 Å². The summed E-state index contributed by atoms with van der Waals surface area (Å²) in [5.41, 5.74) is 0. The topological polar surface area (TPSA) is 34.1 Å². The van der Waals surface area contributed by atoms with Crippen molar-refractivity contribution >= 4 is 11.6 Å². The van der Waals surface area contributed by atoms with Gasteiger partial charge in [-0.15, -0.1) is 0 Å². The monoisotopic (exact) mass is 264 g/mol. The molecule has 0 N–H and O–H groups in total. The third-order valence-electron chi connectivity index (χ3n) is 0.498. The molecule has 6 heteroatoms. The molecule has 0 fully saturated rings. The molecule has 0 amide bonds. The van der Waals surface area contributed by atoms with Gasteiger partial charge >= 0.3 is 23.0 Å². The molecule has 0 aromatic heterocycles. The normalized spacial score (nSPS) is 7.27. The first kappa shape index (κ1) is 17.4. The second-order valence-corrected chi connectivity index (χ2v) is 1.76. The average molecular weight is 265 g/mol. The number of hydrogen-bond acceptors (Lipinski definition) is 2. The van der Waals surface area contributed by atoms with Crippen molar-refractivity contribution in [3.8, 4) is 0 Å². The van der Waals surface area contributed by atoms with E-state index >= 15 is 0 Å². The first-order valence-electron chi connectivity index (χ1n) is 2.34. The van der Waals surface area contributed by atoms with Crippen molar-refractivity contribution in [1.29, 1.82) is 0 Å². The summed E-state index contributed by atoms with van der Waals surface area (Å²) in [7, 11) is 0. The van der Waals surface area contributed by atoms with E-state index in [9.17, 15) is 16.7 Å². The van der Waals surface area contributed by atoms with E-state index in [1.54, 1.807) is 0 Å². The number of rotatable bonds is 2. The van der Waals surface area contributed by atoms with E-state index in [0.717, 1.165) is 0 Å².